The van der Waals surface area contributed by atoms with Crippen molar-refractivity contribution in [3.63, 3.8) is 0 Å². The molecule has 1 aromatic heterocycles. The van der Waals surface area contributed by atoms with E-state index in [9.17, 15) is 4.79 Å². The lowest BCUT2D eigenvalue weighted by Crippen LogP contribution is -2.03. The van der Waals surface area contributed by atoms with Crippen LogP contribution in [0.1, 0.15) is 28.5 Å². The number of benzene rings is 1. The Balaban J connectivity index is 2.27. The summed E-state index contributed by atoms with van der Waals surface area (Å²) in [7, 11) is 0. The Bertz CT molecular complexity index is 517. The van der Waals surface area contributed by atoms with Gasteiger partial charge in [-0.3, -0.25) is 9.78 Å². The first-order chi connectivity index (χ1) is 8.20. The van der Waals surface area contributed by atoms with Gasteiger partial charge >= 0.3 is 0 Å². The number of nitrogens with zero attached hydrogens (tertiary/aromatic N) is 1. The normalized spacial score (nSPS) is 10.2. The van der Waals surface area contributed by atoms with Gasteiger partial charge in [0.15, 0.2) is 0 Å². The zero-order valence-corrected chi connectivity index (χ0v) is 10.2. The van der Waals surface area contributed by atoms with Gasteiger partial charge in [0.05, 0.1) is 0 Å². The summed E-state index contributed by atoms with van der Waals surface area (Å²) in [5.74, 6) is -0.0793. The minimum Gasteiger partial charge on any atom is -0.287 e. The van der Waals surface area contributed by atoms with Crippen molar-refractivity contribution in [3.05, 3.63) is 64.4 Å². The third-order valence-corrected chi connectivity index (χ3v) is 2.82. The van der Waals surface area contributed by atoms with Crippen LogP contribution in [0.2, 0.25) is 5.02 Å². The minimum absolute atomic E-state index is 0.0793. The average molecular weight is 246 g/mol. The largest absolute Gasteiger partial charge is 0.287 e. The highest BCUT2D eigenvalue weighted by Crippen LogP contribution is 2.13. The third kappa shape index (κ3) is 2.71. The Morgan fingerprint density at radius 2 is 1.88 bits per heavy atom. The molecule has 86 valence electrons. The first-order valence-corrected chi connectivity index (χ1v) is 5.83. The Labute approximate surface area is 105 Å². The van der Waals surface area contributed by atoms with E-state index in [1.807, 2.05) is 6.07 Å². The van der Waals surface area contributed by atoms with Crippen LogP contribution in [0.25, 0.3) is 0 Å². The van der Waals surface area contributed by atoms with Crippen LogP contribution in [0.5, 0.6) is 0 Å². The van der Waals surface area contributed by atoms with E-state index < -0.39 is 0 Å². The van der Waals surface area contributed by atoms with Crippen LogP contribution in [0, 0.1) is 0 Å². The maximum Gasteiger partial charge on any atom is 0.211 e. The molecule has 2 rings (SSSR count). The molecule has 0 radical (unpaired) electrons. The predicted octanol–water partition coefficient (Wildman–Crippen LogP) is 3.53. The monoisotopic (exact) mass is 245 g/mol. The first kappa shape index (κ1) is 11.8. The van der Waals surface area contributed by atoms with Gasteiger partial charge in [0.2, 0.25) is 5.78 Å². The first-order valence-electron chi connectivity index (χ1n) is 5.46. The van der Waals surface area contributed by atoms with Crippen molar-refractivity contribution in [3.8, 4) is 0 Å². The number of aromatic nitrogens is 1. The van der Waals surface area contributed by atoms with E-state index in [0.717, 1.165) is 12.0 Å². The van der Waals surface area contributed by atoms with Crippen molar-refractivity contribution in [2.24, 2.45) is 0 Å². The molecule has 3 heteroatoms. The summed E-state index contributed by atoms with van der Waals surface area (Å²) < 4.78 is 0. The van der Waals surface area contributed by atoms with Crippen molar-refractivity contribution in [1.82, 2.24) is 4.98 Å². The molecule has 0 unspecified atom stereocenters. The van der Waals surface area contributed by atoms with Crippen molar-refractivity contribution in [2.45, 2.75) is 13.3 Å². The van der Waals surface area contributed by atoms with Gasteiger partial charge in [-0.2, -0.15) is 0 Å². The van der Waals surface area contributed by atoms with Gasteiger partial charge in [-0.1, -0.05) is 24.6 Å². The maximum absolute atomic E-state index is 12.1. The third-order valence-electron chi connectivity index (χ3n) is 2.57. The van der Waals surface area contributed by atoms with Gasteiger partial charge in [-0.15, -0.1) is 0 Å². The fraction of sp³-hybridized carbons (Fsp3) is 0.143. The molecule has 1 aromatic carbocycles. The Hall–Kier alpha value is -1.67. The Morgan fingerprint density at radius 1 is 1.18 bits per heavy atom. The zero-order chi connectivity index (χ0) is 12.3. The summed E-state index contributed by atoms with van der Waals surface area (Å²) in [6.45, 7) is 2.05. The molecule has 0 N–H and O–H groups in total. The summed E-state index contributed by atoms with van der Waals surface area (Å²) in [6.07, 6.45) is 2.66. The van der Waals surface area contributed by atoms with Crippen LogP contribution in [-0.4, -0.2) is 10.8 Å². The summed E-state index contributed by atoms with van der Waals surface area (Å²) >= 11 is 5.78. The average Bonchev–Trinajstić information content (AvgIpc) is 2.39. The molecule has 0 aliphatic carbocycles. The van der Waals surface area contributed by atoms with E-state index in [1.54, 1.807) is 36.5 Å². The molecule has 0 fully saturated rings. The molecule has 0 amide bonds. The number of hydrogen-bond donors (Lipinski definition) is 0. The van der Waals surface area contributed by atoms with Crippen molar-refractivity contribution in [2.75, 3.05) is 0 Å². The molecule has 1 heterocycles. The van der Waals surface area contributed by atoms with Crippen LogP contribution < -0.4 is 0 Å². The molecule has 0 aliphatic rings. The smallest absolute Gasteiger partial charge is 0.211 e. The van der Waals surface area contributed by atoms with Crippen molar-refractivity contribution in [1.29, 1.82) is 0 Å². The molecule has 0 spiro atoms. The SMILES string of the molecule is CCc1ccc(C(=O)c2ccc(Cl)cc2)nc1. The lowest BCUT2D eigenvalue weighted by molar-refractivity contribution is 0.103. The highest BCUT2D eigenvalue weighted by molar-refractivity contribution is 6.30. The quantitative estimate of drug-likeness (QED) is 0.775. The molecule has 2 aromatic rings. The van der Waals surface area contributed by atoms with Gasteiger partial charge in [0.1, 0.15) is 5.69 Å². The lowest BCUT2D eigenvalue weighted by atomic mass is 10.1. The van der Waals surface area contributed by atoms with Crippen LogP contribution in [-0.2, 0) is 6.42 Å². The van der Waals surface area contributed by atoms with E-state index in [2.05, 4.69) is 11.9 Å². The second-order valence-electron chi connectivity index (χ2n) is 3.74. The second-order valence-corrected chi connectivity index (χ2v) is 4.18. The topological polar surface area (TPSA) is 30.0 Å². The Kier molecular flexibility index (Phi) is 3.55. The number of ketones is 1. The standard InChI is InChI=1S/C14H12ClNO/c1-2-10-3-8-13(16-9-10)14(17)11-4-6-12(15)7-5-11/h3-9H,2H2,1H3. The number of aryl methyl sites for hydroxylation is 1. The molecular formula is C14H12ClNO. The zero-order valence-electron chi connectivity index (χ0n) is 9.48. The van der Waals surface area contributed by atoms with Crippen LogP contribution in [0.4, 0.5) is 0 Å². The maximum atomic E-state index is 12.1. The van der Waals surface area contributed by atoms with E-state index >= 15 is 0 Å². The van der Waals surface area contributed by atoms with Gasteiger partial charge in [0, 0.05) is 16.8 Å². The molecule has 0 saturated heterocycles. The number of carbonyl (C=O) groups excluding carboxylic acids is 1. The summed E-state index contributed by atoms with van der Waals surface area (Å²) in [4.78, 5) is 16.2. The van der Waals surface area contributed by atoms with E-state index in [1.165, 1.54) is 0 Å². The van der Waals surface area contributed by atoms with Crippen molar-refractivity contribution < 1.29 is 4.79 Å². The van der Waals surface area contributed by atoms with Crippen LogP contribution >= 0.6 is 11.6 Å². The van der Waals surface area contributed by atoms with Crippen LogP contribution in [0.15, 0.2) is 42.6 Å². The predicted molar refractivity (Wildman–Crippen MR) is 68.5 cm³/mol. The molecule has 0 saturated carbocycles. The van der Waals surface area contributed by atoms with Gasteiger partial charge in [0.25, 0.3) is 0 Å². The molecule has 0 aliphatic heterocycles. The fourth-order valence-corrected chi connectivity index (χ4v) is 1.64. The molecule has 17 heavy (non-hydrogen) atoms. The summed E-state index contributed by atoms with van der Waals surface area (Å²) in [5, 5.41) is 0.621. The highest BCUT2D eigenvalue weighted by Gasteiger charge is 2.09. The fourth-order valence-electron chi connectivity index (χ4n) is 1.52. The summed E-state index contributed by atoms with van der Waals surface area (Å²) in [5.41, 5.74) is 2.19. The van der Waals surface area contributed by atoms with Crippen LogP contribution in [0.3, 0.4) is 0 Å². The molecule has 0 atom stereocenters. The number of rotatable bonds is 3. The minimum atomic E-state index is -0.0793. The molecule has 2 nitrogen and oxygen atoms in total. The number of hydrogen-bond acceptors (Lipinski definition) is 2. The second kappa shape index (κ2) is 5.11. The highest BCUT2D eigenvalue weighted by atomic mass is 35.5. The van der Waals surface area contributed by atoms with Gasteiger partial charge < -0.3 is 0 Å². The summed E-state index contributed by atoms with van der Waals surface area (Å²) in [6, 6.07) is 10.5. The van der Waals surface area contributed by atoms with E-state index in [-0.39, 0.29) is 5.78 Å². The number of halogens is 1. The van der Waals surface area contributed by atoms with Gasteiger partial charge in [-0.25, -0.2) is 0 Å². The number of pyridine rings is 1. The van der Waals surface area contributed by atoms with Crippen molar-refractivity contribution >= 4 is 17.4 Å². The molecular weight excluding hydrogens is 234 g/mol. The van der Waals surface area contributed by atoms with Gasteiger partial charge in [-0.05, 0) is 42.3 Å². The Morgan fingerprint density at radius 3 is 2.41 bits per heavy atom. The van der Waals surface area contributed by atoms with E-state index in [4.69, 9.17) is 11.6 Å². The van der Waals surface area contributed by atoms with E-state index in [0.29, 0.717) is 16.3 Å². The molecule has 0 bridgehead atoms. The number of carbonyl (C=O) groups is 1. The lowest BCUT2D eigenvalue weighted by Gasteiger charge is -2.01.